The van der Waals surface area contributed by atoms with Gasteiger partial charge in [0.15, 0.2) is 0 Å². The summed E-state index contributed by atoms with van der Waals surface area (Å²) in [5, 5.41) is 17.9. The van der Waals surface area contributed by atoms with Gasteiger partial charge in [-0.3, -0.25) is 39.0 Å². The lowest BCUT2D eigenvalue weighted by molar-refractivity contribution is -0.385. The summed E-state index contributed by atoms with van der Waals surface area (Å²) in [6, 6.07) is 16.4. The number of hydrogen-bond acceptors (Lipinski definition) is 10. The zero-order valence-electron chi connectivity index (χ0n) is 42.2. The van der Waals surface area contributed by atoms with E-state index in [4.69, 9.17) is 9.47 Å². The molecule has 0 saturated carbocycles. The second-order valence-electron chi connectivity index (χ2n) is 20.3. The molecule has 2 fully saturated rings. The second-order valence-corrected chi connectivity index (χ2v) is 20.3. The summed E-state index contributed by atoms with van der Waals surface area (Å²) in [4.78, 5) is 101. The van der Waals surface area contributed by atoms with Crippen LogP contribution < -0.4 is 15.4 Å². The van der Waals surface area contributed by atoms with Gasteiger partial charge in [-0.15, -0.1) is 0 Å². The molecule has 374 valence electrons. The lowest BCUT2D eigenvalue weighted by atomic mass is 9.96. The predicted octanol–water partition coefficient (Wildman–Crippen LogP) is 7.73. The van der Waals surface area contributed by atoms with Crippen molar-refractivity contribution >= 4 is 41.3 Å². The third kappa shape index (κ3) is 13.0. The third-order valence-corrected chi connectivity index (χ3v) is 12.8. The number of nitro benzene ring substituents is 1. The van der Waals surface area contributed by atoms with Crippen LogP contribution in [-0.4, -0.2) is 123 Å². The molecule has 6 atom stereocenters. The van der Waals surface area contributed by atoms with Gasteiger partial charge in [0, 0.05) is 38.8 Å². The van der Waals surface area contributed by atoms with Gasteiger partial charge in [0.2, 0.25) is 35.3 Å². The Morgan fingerprint density at radius 1 is 0.739 bits per heavy atom. The van der Waals surface area contributed by atoms with Crippen LogP contribution in [-0.2, 0) is 28.7 Å². The van der Waals surface area contributed by atoms with Crippen molar-refractivity contribution in [3.63, 3.8) is 0 Å². The average Bonchev–Trinajstić information content (AvgIpc) is 3.99. The molecule has 2 heterocycles. The number of likely N-dealkylation sites (tertiary alicyclic amines) is 2. The van der Waals surface area contributed by atoms with Gasteiger partial charge in [-0.25, -0.2) is 4.79 Å². The summed E-state index contributed by atoms with van der Waals surface area (Å²) in [5.41, 5.74) is 1.58. The third-order valence-electron chi connectivity index (χ3n) is 12.8. The van der Waals surface area contributed by atoms with Crippen LogP contribution in [0.4, 0.5) is 10.5 Å². The highest BCUT2D eigenvalue weighted by atomic mass is 16.6. The summed E-state index contributed by atoms with van der Waals surface area (Å²) in [5.74, 6) is -2.98. The van der Waals surface area contributed by atoms with Crippen molar-refractivity contribution < 1.29 is 43.2 Å². The van der Waals surface area contributed by atoms with Crippen LogP contribution in [0.2, 0.25) is 0 Å². The number of nitrogens with one attached hydrogen (secondary N) is 2. The Hall–Kier alpha value is -6.52. The Morgan fingerprint density at radius 2 is 1.32 bits per heavy atom. The first kappa shape index (κ1) is 53.4. The fourth-order valence-electron chi connectivity index (χ4n) is 9.24. The second kappa shape index (κ2) is 22.7. The number of carbonyl (C=O) groups excluding carboxylic acids is 6. The van der Waals surface area contributed by atoms with E-state index in [9.17, 15) is 38.9 Å². The predicted molar refractivity (Wildman–Crippen MR) is 262 cm³/mol. The molecule has 0 aromatic heterocycles. The number of carbonyl (C=O) groups is 6. The molecule has 0 bridgehead atoms. The van der Waals surface area contributed by atoms with Gasteiger partial charge in [0.25, 0.3) is 0 Å². The summed E-state index contributed by atoms with van der Waals surface area (Å²) in [6.45, 7) is 18.7. The average molecular weight is 954 g/mol. The van der Waals surface area contributed by atoms with Crippen LogP contribution in [0.3, 0.4) is 0 Å². The minimum atomic E-state index is -1.10. The number of amides is 6. The topological polar surface area (TPSA) is 201 Å². The van der Waals surface area contributed by atoms with E-state index < -0.39 is 76.5 Å². The zero-order chi connectivity index (χ0) is 51.1. The Kier molecular flexibility index (Phi) is 17.6. The van der Waals surface area contributed by atoms with Gasteiger partial charge in [0.05, 0.1) is 4.92 Å². The number of ether oxygens (including phenoxy) is 2. The molecule has 3 aromatic carbocycles. The molecule has 0 spiro atoms. The van der Waals surface area contributed by atoms with E-state index in [1.165, 1.54) is 37.2 Å². The molecule has 2 saturated heterocycles. The molecule has 2 aliphatic rings. The number of likely N-dealkylation sites (N-methyl/N-ethyl adjacent to an activating group) is 2. The van der Waals surface area contributed by atoms with Gasteiger partial charge in [0.1, 0.15) is 42.1 Å². The van der Waals surface area contributed by atoms with Gasteiger partial charge < -0.3 is 34.8 Å². The van der Waals surface area contributed by atoms with E-state index in [1.807, 2.05) is 77.1 Å². The van der Waals surface area contributed by atoms with E-state index in [1.54, 1.807) is 56.6 Å². The number of rotatable bonds is 17. The summed E-state index contributed by atoms with van der Waals surface area (Å²) >= 11 is 0. The SMILES string of the molecule is CC(OC(=O)N(C)[C@H](C(=O)N[C@H](C(=O)N(C)[C@H](C(=O)N1CCCC1C(=O)N1CCCC1C(=O)NC(C)(C)C)C(C)C)C(C)C)C(C)C)c1ccc([N+](=O)[O-])c(Oc2ccc(-c3ccccc3)cc2)c1. The molecule has 0 radical (unpaired) electrons. The number of benzene rings is 3. The highest BCUT2D eigenvalue weighted by Crippen LogP contribution is 2.36. The first-order valence-electron chi connectivity index (χ1n) is 24.0. The lowest BCUT2D eigenvalue weighted by Gasteiger charge is -2.39. The molecule has 5 rings (SSSR count). The summed E-state index contributed by atoms with van der Waals surface area (Å²) in [7, 11) is 2.94. The lowest BCUT2D eigenvalue weighted by Crippen LogP contribution is -2.61. The van der Waals surface area contributed by atoms with Gasteiger partial charge in [-0.05, 0) is 112 Å². The Labute approximate surface area is 406 Å². The van der Waals surface area contributed by atoms with Crippen LogP contribution in [0.15, 0.2) is 72.8 Å². The van der Waals surface area contributed by atoms with Crippen molar-refractivity contribution in [2.24, 2.45) is 17.8 Å². The first-order chi connectivity index (χ1) is 32.4. The van der Waals surface area contributed by atoms with E-state index in [0.717, 1.165) is 16.0 Å². The maximum atomic E-state index is 14.5. The molecular formula is C52H71N7O10. The Balaban J connectivity index is 1.27. The van der Waals surface area contributed by atoms with Crippen molar-refractivity contribution in [2.75, 3.05) is 27.2 Å². The summed E-state index contributed by atoms with van der Waals surface area (Å²) in [6.07, 6.45) is 0.430. The quantitative estimate of drug-likeness (QED) is 0.0997. The Bertz CT molecular complexity index is 2330. The maximum Gasteiger partial charge on any atom is 0.410 e. The van der Waals surface area contributed by atoms with E-state index in [-0.39, 0.29) is 35.1 Å². The molecule has 2 N–H and O–H groups in total. The monoisotopic (exact) mass is 954 g/mol. The molecule has 17 heteroatoms. The largest absolute Gasteiger partial charge is 0.450 e. The highest BCUT2D eigenvalue weighted by Gasteiger charge is 2.46. The van der Waals surface area contributed by atoms with E-state index in [2.05, 4.69) is 10.6 Å². The van der Waals surface area contributed by atoms with Gasteiger partial charge in [-0.2, -0.15) is 0 Å². The minimum Gasteiger partial charge on any atom is -0.450 e. The fraction of sp³-hybridized carbons (Fsp3) is 0.538. The molecule has 0 aliphatic carbocycles. The molecule has 6 amide bonds. The van der Waals surface area contributed by atoms with Crippen LogP contribution in [0, 0.1) is 27.9 Å². The fourth-order valence-corrected chi connectivity index (χ4v) is 9.24. The molecule has 3 aromatic rings. The van der Waals surface area contributed by atoms with Crippen LogP contribution >= 0.6 is 0 Å². The standard InChI is InChI=1S/C52H71N7O10/c1-31(2)43(49(63)55(11)45(33(5)6)50(64)58-29-17-21-41(58)48(62)57-28-16-20-40(57)46(60)54-52(8,9)10)53-47(61)44(32(3)4)56(12)51(65)68-34(7)37-24-27-39(59(66)67)42(30-37)69-38-25-22-36(23-26-38)35-18-14-13-15-19-35/h13-15,18-19,22-27,30-34,40-41,43-45H,16-17,20-21,28-29H2,1-12H3,(H,53,61)(H,54,60)/t34?,40?,41?,43-,44-,45-/m0/s1. The van der Waals surface area contributed by atoms with E-state index >= 15 is 0 Å². The van der Waals surface area contributed by atoms with Crippen LogP contribution in [0.1, 0.15) is 107 Å². The van der Waals surface area contributed by atoms with Crippen LogP contribution in [0.25, 0.3) is 11.1 Å². The van der Waals surface area contributed by atoms with Gasteiger partial charge in [-0.1, -0.05) is 84.0 Å². The van der Waals surface area contributed by atoms with Crippen molar-refractivity contribution in [1.29, 1.82) is 0 Å². The van der Waals surface area contributed by atoms with Gasteiger partial charge >= 0.3 is 11.8 Å². The smallest absolute Gasteiger partial charge is 0.410 e. The summed E-state index contributed by atoms with van der Waals surface area (Å²) < 4.78 is 11.8. The maximum absolute atomic E-state index is 14.5. The van der Waals surface area contributed by atoms with E-state index in [0.29, 0.717) is 50.1 Å². The van der Waals surface area contributed by atoms with Crippen molar-refractivity contribution in [3.05, 3.63) is 88.5 Å². The normalized spacial score (nSPS) is 17.8. The zero-order valence-corrected chi connectivity index (χ0v) is 42.2. The van der Waals surface area contributed by atoms with Crippen molar-refractivity contribution in [1.82, 2.24) is 30.2 Å². The van der Waals surface area contributed by atoms with Crippen molar-refractivity contribution in [3.8, 4) is 22.6 Å². The highest BCUT2D eigenvalue weighted by molar-refractivity contribution is 5.97. The minimum absolute atomic E-state index is 0.0529. The first-order valence-corrected chi connectivity index (χ1v) is 24.0. The molecule has 17 nitrogen and oxygen atoms in total. The molecule has 69 heavy (non-hydrogen) atoms. The van der Waals surface area contributed by atoms with Crippen molar-refractivity contribution in [2.45, 2.75) is 137 Å². The molecule has 3 unspecified atom stereocenters. The van der Waals surface area contributed by atoms with Crippen LogP contribution in [0.5, 0.6) is 11.5 Å². The molecular weight excluding hydrogens is 883 g/mol. The molecule has 2 aliphatic heterocycles. The number of hydrogen-bond donors (Lipinski definition) is 2. The number of nitro groups is 1. The Morgan fingerprint density at radius 3 is 1.88 bits per heavy atom. The number of nitrogens with zero attached hydrogens (tertiary/aromatic N) is 5.